The number of likely N-dealkylation sites (tertiary alicyclic amines) is 1. The summed E-state index contributed by atoms with van der Waals surface area (Å²) in [7, 11) is 0. The number of nitrogens with zero attached hydrogens (tertiary/aromatic N) is 1. The maximum Gasteiger partial charge on any atom is 0.324 e. The van der Waals surface area contributed by atoms with Crippen LogP contribution >= 0.6 is 0 Å². The number of carbonyl (C=O) groups is 1. The summed E-state index contributed by atoms with van der Waals surface area (Å²) in [4.78, 5) is 14.1. The first-order valence-electron chi connectivity index (χ1n) is 7.73. The first-order chi connectivity index (χ1) is 9.67. The molecule has 1 aromatic rings. The van der Waals surface area contributed by atoms with E-state index in [-0.39, 0.29) is 0 Å². The van der Waals surface area contributed by atoms with Gasteiger partial charge in [0.15, 0.2) is 0 Å². The first kappa shape index (κ1) is 13.6. The number of rotatable bonds is 5. The Morgan fingerprint density at radius 3 is 2.95 bits per heavy atom. The molecule has 1 N–H and O–H groups in total. The summed E-state index contributed by atoms with van der Waals surface area (Å²) in [5.74, 6) is -0.0932. The van der Waals surface area contributed by atoms with Crippen molar-refractivity contribution in [3.05, 3.63) is 35.4 Å². The van der Waals surface area contributed by atoms with Crippen LogP contribution in [0.4, 0.5) is 0 Å². The van der Waals surface area contributed by atoms with Crippen molar-refractivity contribution in [1.29, 1.82) is 0 Å². The van der Waals surface area contributed by atoms with E-state index in [1.165, 1.54) is 11.1 Å². The molecule has 108 valence electrons. The summed E-state index contributed by atoms with van der Waals surface area (Å²) < 4.78 is 0. The molecule has 1 aliphatic heterocycles. The molecule has 2 atom stereocenters. The molecule has 0 spiro atoms. The average molecular weight is 273 g/mol. The highest BCUT2D eigenvalue weighted by molar-refractivity contribution is 5.79. The third kappa shape index (κ3) is 2.05. The molecular weight excluding hydrogens is 250 g/mol. The van der Waals surface area contributed by atoms with E-state index in [2.05, 4.69) is 36.1 Å². The molecule has 20 heavy (non-hydrogen) atoms. The highest BCUT2D eigenvalue weighted by Crippen LogP contribution is 2.40. The number of benzene rings is 1. The quantitative estimate of drug-likeness (QED) is 0.896. The minimum atomic E-state index is -0.621. The predicted octanol–water partition coefficient (Wildman–Crippen LogP) is 3.05. The Kier molecular flexibility index (Phi) is 3.55. The van der Waals surface area contributed by atoms with Gasteiger partial charge in [0, 0.05) is 12.5 Å². The van der Waals surface area contributed by atoms with Gasteiger partial charge in [-0.1, -0.05) is 37.6 Å². The van der Waals surface area contributed by atoms with Crippen molar-refractivity contribution in [3.8, 4) is 0 Å². The number of hydrogen-bond acceptors (Lipinski definition) is 2. The van der Waals surface area contributed by atoms with Gasteiger partial charge in [-0.25, -0.2) is 0 Å². The van der Waals surface area contributed by atoms with Crippen LogP contribution in [-0.4, -0.2) is 34.6 Å². The molecule has 3 heteroatoms. The first-order valence-corrected chi connectivity index (χ1v) is 7.73. The van der Waals surface area contributed by atoms with Crippen LogP contribution in [0.1, 0.15) is 49.7 Å². The fourth-order valence-electron chi connectivity index (χ4n) is 4.04. The highest BCUT2D eigenvalue weighted by atomic mass is 16.4. The Hall–Kier alpha value is -1.35. The number of aliphatic carboxylic acids is 1. The number of carboxylic acids is 1. The van der Waals surface area contributed by atoms with Gasteiger partial charge >= 0.3 is 5.97 Å². The molecule has 3 nitrogen and oxygen atoms in total. The lowest BCUT2D eigenvalue weighted by Gasteiger charge is -2.40. The highest BCUT2D eigenvalue weighted by Gasteiger charge is 2.47. The number of fused-ring (bicyclic) bond motifs is 1. The molecule has 1 heterocycles. The Morgan fingerprint density at radius 1 is 1.45 bits per heavy atom. The second kappa shape index (κ2) is 5.21. The summed E-state index contributed by atoms with van der Waals surface area (Å²) >= 11 is 0. The Balaban J connectivity index is 1.76. The monoisotopic (exact) mass is 273 g/mol. The van der Waals surface area contributed by atoms with Gasteiger partial charge in [0.25, 0.3) is 0 Å². The molecule has 3 rings (SSSR count). The second-order valence-corrected chi connectivity index (χ2v) is 6.24. The lowest BCUT2D eigenvalue weighted by atomic mass is 9.76. The fraction of sp³-hybridized carbons (Fsp3) is 0.588. The van der Waals surface area contributed by atoms with Crippen molar-refractivity contribution >= 4 is 5.97 Å². The van der Waals surface area contributed by atoms with E-state index in [4.69, 9.17) is 0 Å². The minimum absolute atomic E-state index is 0.528. The summed E-state index contributed by atoms with van der Waals surface area (Å²) in [6, 6.07) is 8.56. The van der Waals surface area contributed by atoms with E-state index in [9.17, 15) is 9.90 Å². The SMILES string of the molecule is CCCC1(C(=O)O)CCCN1CC1Cc2ccccc21. The zero-order valence-corrected chi connectivity index (χ0v) is 12.1. The Morgan fingerprint density at radius 2 is 2.25 bits per heavy atom. The molecule has 0 radical (unpaired) electrons. The van der Waals surface area contributed by atoms with Gasteiger partial charge in [0.05, 0.1) is 0 Å². The van der Waals surface area contributed by atoms with E-state index in [1.807, 2.05) is 0 Å². The minimum Gasteiger partial charge on any atom is -0.480 e. The third-order valence-corrected chi connectivity index (χ3v) is 5.09. The summed E-state index contributed by atoms with van der Waals surface area (Å²) in [5.41, 5.74) is 2.27. The summed E-state index contributed by atoms with van der Waals surface area (Å²) in [6.07, 6.45) is 4.64. The molecular formula is C17H23NO2. The van der Waals surface area contributed by atoms with Crippen molar-refractivity contribution in [2.75, 3.05) is 13.1 Å². The van der Waals surface area contributed by atoms with Crippen LogP contribution in [-0.2, 0) is 11.2 Å². The van der Waals surface area contributed by atoms with Gasteiger partial charge in [-0.2, -0.15) is 0 Å². The van der Waals surface area contributed by atoms with E-state index >= 15 is 0 Å². The van der Waals surface area contributed by atoms with Crippen LogP contribution in [0.2, 0.25) is 0 Å². The summed E-state index contributed by atoms with van der Waals surface area (Å²) in [5, 5.41) is 9.72. The second-order valence-electron chi connectivity index (χ2n) is 6.24. The van der Waals surface area contributed by atoms with Gasteiger partial charge in [0.1, 0.15) is 5.54 Å². The summed E-state index contributed by atoms with van der Waals surface area (Å²) in [6.45, 7) is 3.92. The molecule has 1 aromatic carbocycles. The molecule has 1 aliphatic carbocycles. The van der Waals surface area contributed by atoms with Crippen LogP contribution in [0.15, 0.2) is 24.3 Å². The molecule has 0 bridgehead atoms. The van der Waals surface area contributed by atoms with E-state index in [0.717, 1.165) is 45.2 Å². The molecule has 1 saturated heterocycles. The van der Waals surface area contributed by atoms with Gasteiger partial charge in [-0.15, -0.1) is 0 Å². The van der Waals surface area contributed by atoms with Crippen LogP contribution < -0.4 is 0 Å². The van der Waals surface area contributed by atoms with E-state index in [1.54, 1.807) is 0 Å². The molecule has 2 aliphatic rings. The Labute approximate surface area is 120 Å². The van der Waals surface area contributed by atoms with Crippen LogP contribution in [0.3, 0.4) is 0 Å². The molecule has 2 unspecified atom stereocenters. The molecule has 1 fully saturated rings. The largest absolute Gasteiger partial charge is 0.480 e. The standard InChI is InChI=1S/C17H23NO2/c1-2-8-17(16(19)20)9-5-10-18(17)12-14-11-13-6-3-4-7-15(13)14/h3-4,6-7,14H,2,5,8-12H2,1H3,(H,19,20). The molecule has 0 saturated carbocycles. The lowest BCUT2D eigenvalue weighted by Crippen LogP contribution is -2.52. The van der Waals surface area contributed by atoms with Crippen LogP contribution in [0.25, 0.3) is 0 Å². The van der Waals surface area contributed by atoms with E-state index < -0.39 is 11.5 Å². The molecule has 0 aromatic heterocycles. The van der Waals surface area contributed by atoms with Crippen LogP contribution in [0, 0.1) is 0 Å². The predicted molar refractivity (Wildman–Crippen MR) is 79.0 cm³/mol. The fourth-order valence-corrected chi connectivity index (χ4v) is 4.04. The average Bonchev–Trinajstić information content (AvgIpc) is 2.81. The van der Waals surface area contributed by atoms with Crippen LogP contribution in [0.5, 0.6) is 0 Å². The van der Waals surface area contributed by atoms with Crippen molar-refractivity contribution in [2.24, 2.45) is 0 Å². The number of carboxylic acid groups (broad SMARTS) is 1. The molecule has 0 amide bonds. The van der Waals surface area contributed by atoms with Crippen molar-refractivity contribution in [2.45, 2.75) is 50.5 Å². The smallest absolute Gasteiger partial charge is 0.324 e. The van der Waals surface area contributed by atoms with Gasteiger partial charge in [-0.05, 0) is 43.4 Å². The maximum absolute atomic E-state index is 11.8. The third-order valence-electron chi connectivity index (χ3n) is 5.09. The van der Waals surface area contributed by atoms with Gasteiger partial charge < -0.3 is 5.11 Å². The van der Waals surface area contributed by atoms with Gasteiger partial charge in [0.2, 0.25) is 0 Å². The lowest BCUT2D eigenvalue weighted by molar-refractivity contribution is -0.150. The maximum atomic E-state index is 11.8. The number of hydrogen-bond donors (Lipinski definition) is 1. The van der Waals surface area contributed by atoms with E-state index in [0.29, 0.717) is 5.92 Å². The zero-order valence-electron chi connectivity index (χ0n) is 12.1. The zero-order chi connectivity index (χ0) is 14.2. The Bertz CT molecular complexity index is 513. The van der Waals surface area contributed by atoms with Crippen molar-refractivity contribution in [1.82, 2.24) is 4.90 Å². The van der Waals surface area contributed by atoms with Gasteiger partial charge in [-0.3, -0.25) is 9.69 Å². The topological polar surface area (TPSA) is 40.5 Å². The normalized spacial score (nSPS) is 28.9. The van der Waals surface area contributed by atoms with Crippen molar-refractivity contribution in [3.63, 3.8) is 0 Å². The van der Waals surface area contributed by atoms with Crippen molar-refractivity contribution < 1.29 is 9.90 Å².